The number of methoxy groups -OCH3 is 1. The van der Waals surface area contributed by atoms with E-state index in [2.05, 4.69) is 5.32 Å². The second-order valence-electron chi connectivity index (χ2n) is 6.71. The zero-order valence-electron chi connectivity index (χ0n) is 15.5. The molecule has 27 heavy (non-hydrogen) atoms. The molecule has 2 aromatic rings. The highest BCUT2D eigenvalue weighted by Gasteiger charge is 2.32. The Labute approximate surface area is 160 Å². The van der Waals surface area contributed by atoms with E-state index in [0.717, 1.165) is 5.56 Å². The predicted molar refractivity (Wildman–Crippen MR) is 105 cm³/mol. The molecule has 6 nitrogen and oxygen atoms in total. The molecule has 0 aliphatic carbocycles. The Hall–Kier alpha value is -2.54. The van der Waals surface area contributed by atoms with Gasteiger partial charge in [-0.3, -0.25) is 0 Å². The van der Waals surface area contributed by atoms with Gasteiger partial charge in [0, 0.05) is 24.8 Å². The van der Waals surface area contributed by atoms with Crippen LogP contribution in [0.1, 0.15) is 18.4 Å². The number of carbonyl (C=O) groups excluding carboxylic acids is 1. The second kappa shape index (κ2) is 8.00. The Bertz CT molecular complexity index is 902. The number of likely N-dealkylation sites (tertiary alicyclic amines) is 1. The van der Waals surface area contributed by atoms with Crippen LogP contribution in [0.3, 0.4) is 0 Å². The lowest BCUT2D eigenvalue weighted by Gasteiger charge is -2.31. The van der Waals surface area contributed by atoms with Gasteiger partial charge in [-0.1, -0.05) is 23.8 Å². The molecular formula is C20H24N2O4S. The number of nitrogens with zero attached hydrogens (tertiary/aromatic N) is 1. The number of benzene rings is 2. The lowest BCUT2D eigenvalue weighted by atomic mass is 10.1. The average Bonchev–Trinajstić information content (AvgIpc) is 2.68. The van der Waals surface area contributed by atoms with Crippen molar-refractivity contribution in [1.29, 1.82) is 0 Å². The monoisotopic (exact) mass is 388 g/mol. The molecule has 1 aliphatic heterocycles. The number of hydrogen-bond donors (Lipinski definition) is 1. The SMILES string of the molecule is COc1cccc(NC(=O)N2CCC(S(=O)(=O)c3ccc(C)cc3)CC2)c1. The molecule has 2 amide bonds. The van der Waals surface area contributed by atoms with E-state index in [9.17, 15) is 13.2 Å². The minimum absolute atomic E-state index is 0.227. The second-order valence-corrected chi connectivity index (χ2v) is 8.93. The lowest BCUT2D eigenvalue weighted by molar-refractivity contribution is 0.200. The number of nitrogens with one attached hydrogen (secondary N) is 1. The van der Waals surface area contributed by atoms with E-state index < -0.39 is 15.1 Å². The molecule has 1 fully saturated rings. The number of ether oxygens (including phenoxy) is 1. The largest absolute Gasteiger partial charge is 0.497 e. The molecule has 0 aromatic heterocycles. The topological polar surface area (TPSA) is 75.7 Å². The quantitative estimate of drug-likeness (QED) is 0.870. The number of amides is 2. The fourth-order valence-corrected chi connectivity index (χ4v) is 4.92. The molecular weight excluding hydrogens is 364 g/mol. The number of carbonyl (C=O) groups is 1. The van der Waals surface area contributed by atoms with E-state index in [-0.39, 0.29) is 6.03 Å². The molecule has 144 valence electrons. The van der Waals surface area contributed by atoms with Crippen LogP contribution in [0.2, 0.25) is 0 Å². The summed E-state index contributed by atoms with van der Waals surface area (Å²) in [7, 11) is -1.80. The number of urea groups is 1. The first-order chi connectivity index (χ1) is 12.9. The van der Waals surface area contributed by atoms with Gasteiger partial charge < -0.3 is 15.0 Å². The highest BCUT2D eigenvalue weighted by Crippen LogP contribution is 2.25. The fraction of sp³-hybridized carbons (Fsp3) is 0.350. The third-order valence-corrected chi connectivity index (χ3v) is 7.12. The molecule has 0 atom stereocenters. The third kappa shape index (κ3) is 4.42. The summed E-state index contributed by atoms with van der Waals surface area (Å²) in [6.07, 6.45) is 0.865. The third-order valence-electron chi connectivity index (χ3n) is 4.84. The van der Waals surface area contributed by atoms with Crippen molar-refractivity contribution in [2.75, 3.05) is 25.5 Å². The summed E-state index contributed by atoms with van der Waals surface area (Å²) >= 11 is 0. The number of rotatable bonds is 4. The van der Waals surface area contributed by atoms with Gasteiger partial charge in [0.15, 0.2) is 9.84 Å². The minimum atomic E-state index is -3.37. The van der Waals surface area contributed by atoms with Crippen molar-refractivity contribution < 1.29 is 17.9 Å². The molecule has 1 saturated heterocycles. The van der Waals surface area contributed by atoms with E-state index in [1.54, 1.807) is 48.4 Å². The molecule has 0 spiro atoms. The zero-order valence-corrected chi connectivity index (χ0v) is 16.3. The highest BCUT2D eigenvalue weighted by atomic mass is 32.2. The van der Waals surface area contributed by atoms with Crippen LogP contribution >= 0.6 is 0 Å². The standard InChI is InChI=1S/C20H24N2O4S/c1-15-6-8-18(9-7-15)27(24,25)19-10-12-22(13-11-19)20(23)21-16-4-3-5-17(14-16)26-2/h3-9,14,19H,10-13H2,1-2H3,(H,21,23). The van der Waals surface area contributed by atoms with Crippen LogP contribution in [0.25, 0.3) is 0 Å². The number of sulfone groups is 1. The van der Waals surface area contributed by atoms with Crippen LogP contribution in [-0.4, -0.2) is 44.8 Å². The van der Waals surface area contributed by atoms with Crippen LogP contribution in [0.5, 0.6) is 5.75 Å². The zero-order chi connectivity index (χ0) is 19.4. The number of aryl methyl sites for hydroxylation is 1. The van der Waals surface area contributed by atoms with Crippen molar-refractivity contribution >= 4 is 21.6 Å². The summed E-state index contributed by atoms with van der Waals surface area (Å²) < 4.78 is 30.8. The van der Waals surface area contributed by atoms with Gasteiger partial charge >= 0.3 is 6.03 Å². The van der Waals surface area contributed by atoms with Gasteiger partial charge in [0.1, 0.15) is 5.75 Å². The first-order valence-corrected chi connectivity index (χ1v) is 10.5. The molecule has 2 aromatic carbocycles. The van der Waals surface area contributed by atoms with Crippen molar-refractivity contribution in [3.8, 4) is 5.75 Å². The van der Waals surface area contributed by atoms with Crippen LogP contribution in [0, 0.1) is 6.92 Å². The maximum absolute atomic E-state index is 12.8. The van der Waals surface area contributed by atoms with E-state index >= 15 is 0 Å². The van der Waals surface area contributed by atoms with Crippen LogP contribution in [0.15, 0.2) is 53.4 Å². The summed E-state index contributed by atoms with van der Waals surface area (Å²) in [5, 5.41) is 2.38. The molecule has 7 heteroatoms. The minimum Gasteiger partial charge on any atom is -0.497 e. The molecule has 0 saturated carbocycles. The number of anilines is 1. The van der Waals surface area contributed by atoms with Crippen molar-refractivity contribution in [1.82, 2.24) is 4.90 Å². The van der Waals surface area contributed by atoms with Crippen LogP contribution < -0.4 is 10.1 Å². The van der Waals surface area contributed by atoms with Gasteiger partial charge in [-0.25, -0.2) is 13.2 Å². The van der Waals surface area contributed by atoms with E-state index in [0.29, 0.717) is 42.3 Å². The van der Waals surface area contributed by atoms with Gasteiger partial charge in [0.25, 0.3) is 0 Å². The molecule has 0 unspecified atom stereocenters. The average molecular weight is 388 g/mol. The fourth-order valence-electron chi connectivity index (χ4n) is 3.19. The summed E-state index contributed by atoms with van der Waals surface area (Å²) in [5.74, 6) is 0.663. The van der Waals surface area contributed by atoms with E-state index in [4.69, 9.17) is 4.74 Å². The molecule has 1 N–H and O–H groups in total. The van der Waals surface area contributed by atoms with Gasteiger partial charge in [0.05, 0.1) is 17.3 Å². The summed E-state index contributed by atoms with van der Waals surface area (Å²) in [4.78, 5) is 14.5. The van der Waals surface area contributed by atoms with Crippen molar-refractivity contribution in [3.05, 3.63) is 54.1 Å². The molecule has 1 aliphatic rings. The van der Waals surface area contributed by atoms with Gasteiger partial charge in [0.2, 0.25) is 0 Å². The number of hydrogen-bond acceptors (Lipinski definition) is 4. The Morgan fingerprint density at radius 2 is 1.78 bits per heavy atom. The Morgan fingerprint density at radius 3 is 2.41 bits per heavy atom. The van der Waals surface area contributed by atoms with Crippen LogP contribution in [-0.2, 0) is 9.84 Å². The maximum atomic E-state index is 12.8. The van der Waals surface area contributed by atoms with Gasteiger partial charge in [-0.15, -0.1) is 0 Å². The van der Waals surface area contributed by atoms with Crippen molar-refractivity contribution in [2.45, 2.75) is 29.9 Å². The van der Waals surface area contributed by atoms with E-state index in [1.807, 2.05) is 19.1 Å². The van der Waals surface area contributed by atoms with Crippen LogP contribution in [0.4, 0.5) is 10.5 Å². The Balaban J connectivity index is 1.61. The molecule has 0 bridgehead atoms. The Kier molecular flexibility index (Phi) is 5.70. The maximum Gasteiger partial charge on any atom is 0.321 e. The predicted octanol–water partition coefficient (Wildman–Crippen LogP) is 3.47. The van der Waals surface area contributed by atoms with Gasteiger partial charge in [-0.2, -0.15) is 0 Å². The normalized spacial score (nSPS) is 15.4. The highest BCUT2D eigenvalue weighted by molar-refractivity contribution is 7.92. The summed E-state index contributed by atoms with van der Waals surface area (Å²) in [6.45, 7) is 2.74. The van der Waals surface area contributed by atoms with Crippen molar-refractivity contribution in [3.63, 3.8) is 0 Å². The van der Waals surface area contributed by atoms with Crippen molar-refractivity contribution in [2.24, 2.45) is 0 Å². The molecule has 0 radical (unpaired) electrons. The lowest BCUT2D eigenvalue weighted by Crippen LogP contribution is -2.44. The molecule has 1 heterocycles. The first kappa shape index (κ1) is 19.2. The smallest absolute Gasteiger partial charge is 0.321 e. The number of piperidine rings is 1. The van der Waals surface area contributed by atoms with Gasteiger partial charge in [-0.05, 0) is 44.0 Å². The molecule has 3 rings (SSSR count). The summed E-state index contributed by atoms with van der Waals surface area (Å²) in [5.41, 5.74) is 1.67. The first-order valence-electron chi connectivity index (χ1n) is 8.90. The summed E-state index contributed by atoms with van der Waals surface area (Å²) in [6, 6.07) is 13.8. The van der Waals surface area contributed by atoms with E-state index in [1.165, 1.54) is 0 Å². The Morgan fingerprint density at radius 1 is 1.11 bits per heavy atom.